The van der Waals surface area contributed by atoms with Gasteiger partial charge < -0.3 is 5.32 Å². The lowest BCUT2D eigenvalue weighted by atomic mass is 9.98. The largest absolute Gasteiger partial charge is 0.341 e. The first-order chi connectivity index (χ1) is 11.1. The summed E-state index contributed by atoms with van der Waals surface area (Å²) < 4.78 is 0. The van der Waals surface area contributed by atoms with Gasteiger partial charge in [0.25, 0.3) is 5.91 Å². The maximum Gasteiger partial charge on any atom is 0.252 e. The molecule has 0 saturated heterocycles. The second-order valence-corrected chi connectivity index (χ2v) is 6.64. The Morgan fingerprint density at radius 3 is 2.70 bits per heavy atom. The minimum Gasteiger partial charge on any atom is -0.341 e. The number of nitrogens with one attached hydrogen (secondary N) is 1. The molecule has 1 amide bonds. The van der Waals surface area contributed by atoms with E-state index in [-0.39, 0.29) is 5.91 Å². The Morgan fingerprint density at radius 1 is 1.13 bits per heavy atom. The summed E-state index contributed by atoms with van der Waals surface area (Å²) in [6.07, 6.45) is 5.10. The standard InChI is InChI=1S/C18H17N3OS/c1-18(2,16-7-3-4-9-20-16)21-17(22)13-8-10-19-12-14(13)15-6-5-11-23-15/h3-12H,1-2H3,(H,21,22). The number of amides is 1. The summed E-state index contributed by atoms with van der Waals surface area (Å²) in [5.74, 6) is -0.133. The SMILES string of the molecule is CC(C)(NC(=O)c1ccncc1-c1cccs1)c1ccccn1. The van der Waals surface area contributed by atoms with Gasteiger partial charge in [-0.05, 0) is 43.5 Å². The van der Waals surface area contributed by atoms with Crippen LogP contribution in [0.5, 0.6) is 0 Å². The maximum absolute atomic E-state index is 12.8. The van der Waals surface area contributed by atoms with Crippen molar-refractivity contribution in [3.63, 3.8) is 0 Å². The number of aromatic nitrogens is 2. The molecule has 0 unspecified atom stereocenters. The molecule has 0 atom stereocenters. The highest BCUT2D eigenvalue weighted by atomic mass is 32.1. The van der Waals surface area contributed by atoms with Crippen LogP contribution >= 0.6 is 11.3 Å². The number of rotatable bonds is 4. The Morgan fingerprint density at radius 2 is 2.00 bits per heavy atom. The van der Waals surface area contributed by atoms with Crippen LogP contribution in [0.15, 0.2) is 60.4 Å². The van der Waals surface area contributed by atoms with Crippen molar-refractivity contribution in [1.29, 1.82) is 0 Å². The quantitative estimate of drug-likeness (QED) is 0.793. The van der Waals surface area contributed by atoms with Crippen molar-refractivity contribution >= 4 is 17.2 Å². The van der Waals surface area contributed by atoms with Crippen LogP contribution < -0.4 is 5.32 Å². The molecule has 0 bridgehead atoms. The molecule has 5 heteroatoms. The summed E-state index contributed by atoms with van der Waals surface area (Å²) in [4.78, 5) is 22.3. The zero-order valence-corrected chi connectivity index (χ0v) is 13.8. The number of nitrogens with zero attached hydrogens (tertiary/aromatic N) is 2. The topological polar surface area (TPSA) is 54.9 Å². The average Bonchev–Trinajstić information content (AvgIpc) is 3.09. The number of hydrogen-bond acceptors (Lipinski definition) is 4. The minimum atomic E-state index is -0.561. The van der Waals surface area contributed by atoms with Crippen LogP contribution in [0.2, 0.25) is 0 Å². The highest BCUT2D eigenvalue weighted by Gasteiger charge is 2.26. The van der Waals surface area contributed by atoms with Crippen LogP contribution in [0.4, 0.5) is 0 Å². The van der Waals surface area contributed by atoms with E-state index in [1.807, 2.05) is 49.6 Å². The Labute approximate surface area is 139 Å². The van der Waals surface area contributed by atoms with Crippen molar-refractivity contribution in [3.8, 4) is 10.4 Å². The predicted octanol–water partition coefficient (Wildman–Crippen LogP) is 3.87. The third-order valence-corrected chi connectivity index (χ3v) is 4.49. The Hall–Kier alpha value is -2.53. The molecule has 0 aliphatic heterocycles. The predicted molar refractivity (Wildman–Crippen MR) is 92.3 cm³/mol. The fourth-order valence-corrected chi connectivity index (χ4v) is 3.12. The van der Waals surface area contributed by atoms with Gasteiger partial charge in [-0.1, -0.05) is 12.1 Å². The molecular formula is C18H17N3OS. The molecule has 0 radical (unpaired) electrons. The fraction of sp³-hybridized carbons (Fsp3) is 0.167. The molecule has 0 aromatic carbocycles. The zero-order valence-electron chi connectivity index (χ0n) is 13.0. The van der Waals surface area contributed by atoms with Crippen molar-refractivity contribution in [2.45, 2.75) is 19.4 Å². The monoisotopic (exact) mass is 323 g/mol. The molecule has 0 aliphatic carbocycles. The highest BCUT2D eigenvalue weighted by Crippen LogP contribution is 2.28. The summed E-state index contributed by atoms with van der Waals surface area (Å²) >= 11 is 1.59. The van der Waals surface area contributed by atoms with E-state index in [1.54, 1.807) is 36.0 Å². The summed E-state index contributed by atoms with van der Waals surface area (Å²) in [7, 11) is 0. The van der Waals surface area contributed by atoms with Crippen molar-refractivity contribution in [1.82, 2.24) is 15.3 Å². The van der Waals surface area contributed by atoms with Gasteiger partial charge in [-0.25, -0.2) is 0 Å². The van der Waals surface area contributed by atoms with Gasteiger partial charge in [0.05, 0.1) is 16.8 Å². The first-order valence-electron chi connectivity index (χ1n) is 7.30. The van der Waals surface area contributed by atoms with Gasteiger partial charge >= 0.3 is 0 Å². The van der Waals surface area contributed by atoms with E-state index in [9.17, 15) is 4.79 Å². The molecule has 23 heavy (non-hydrogen) atoms. The van der Waals surface area contributed by atoms with Gasteiger partial charge in [0.2, 0.25) is 0 Å². The Kier molecular flexibility index (Phi) is 4.21. The maximum atomic E-state index is 12.8. The van der Waals surface area contributed by atoms with Gasteiger partial charge in [0.15, 0.2) is 0 Å². The van der Waals surface area contributed by atoms with Crippen LogP contribution in [0.25, 0.3) is 10.4 Å². The van der Waals surface area contributed by atoms with E-state index in [4.69, 9.17) is 0 Å². The molecule has 0 fully saturated rings. The van der Waals surface area contributed by atoms with Crippen LogP contribution in [0.1, 0.15) is 29.9 Å². The molecule has 0 spiro atoms. The van der Waals surface area contributed by atoms with E-state index >= 15 is 0 Å². The number of carbonyl (C=O) groups is 1. The van der Waals surface area contributed by atoms with Gasteiger partial charge in [0, 0.05) is 29.0 Å². The molecule has 1 N–H and O–H groups in total. The molecule has 0 saturated carbocycles. The van der Waals surface area contributed by atoms with E-state index in [2.05, 4.69) is 15.3 Å². The van der Waals surface area contributed by atoms with Crippen molar-refractivity contribution in [2.75, 3.05) is 0 Å². The molecule has 3 aromatic rings. The van der Waals surface area contributed by atoms with E-state index in [0.29, 0.717) is 5.56 Å². The molecule has 4 nitrogen and oxygen atoms in total. The third kappa shape index (κ3) is 3.29. The van der Waals surface area contributed by atoms with Crippen LogP contribution in [0.3, 0.4) is 0 Å². The minimum absolute atomic E-state index is 0.133. The number of carbonyl (C=O) groups excluding carboxylic acids is 1. The lowest BCUT2D eigenvalue weighted by Gasteiger charge is -2.26. The molecule has 0 aliphatic rings. The summed E-state index contributed by atoms with van der Waals surface area (Å²) in [5.41, 5.74) is 1.72. The van der Waals surface area contributed by atoms with Crippen molar-refractivity contribution in [2.24, 2.45) is 0 Å². The smallest absolute Gasteiger partial charge is 0.252 e. The van der Waals surface area contributed by atoms with Crippen molar-refractivity contribution in [3.05, 3.63) is 71.6 Å². The normalized spacial score (nSPS) is 11.2. The van der Waals surface area contributed by atoms with Gasteiger partial charge in [-0.2, -0.15) is 0 Å². The fourth-order valence-electron chi connectivity index (χ4n) is 2.37. The Balaban J connectivity index is 1.90. The molecule has 116 valence electrons. The molecule has 3 heterocycles. The van der Waals surface area contributed by atoms with Gasteiger partial charge in [-0.15, -0.1) is 11.3 Å². The van der Waals surface area contributed by atoms with Gasteiger partial charge in [0.1, 0.15) is 0 Å². The lowest BCUT2D eigenvalue weighted by Crippen LogP contribution is -2.41. The molecule has 3 aromatic heterocycles. The second-order valence-electron chi connectivity index (χ2n) is 5.69. The van der Waals surface area contributed by atoms with E-state index < -0.39 is 5.54 Å². The number of thiophene rings is 1. The number of pyridine rings is 2. The molecular weight excluding hydrogens is 306 g/mol. The van der Waals surface area contributed by atoms with Crippen LogP contribution in [-0.2, 0) is 5.54 Å². The first kappa shape index (κ1) is 15.4. The third-order valence-electron chi connectivity index (χ3n) is 3.58. The van der Waals surface area contributed by atoms with Crippen molar-refractivity contribution < 1.29 is 4.79 Å². The summed E-state index contributed by atoms with van der Waals surface area (Å²) in [6, 6.07) is 11.4. The summed E-state index contributed by atoms with van der Waals surface area (Å²) in [6.45, 7) is 3.89. The number of hydrogen-bond donors (Lipinski definition) is 1. The van der Waals surface area contributed by atoms with Gasteiger partial charge in [-0.3, -0.25) is 14.8 Å². The lowest BCUT2D eigenvalue weighted by molar-refractivity contribution is 0.0911. The van der Waals surface area contributed by atoms with E-state index in [0.717, 1.165) is 16.1 Å². The first-order valence-corrected chi connectivity index (χ1v) is 8.18. The highest BCUT2D eigenvalue weighted by molar-refractivity contribution is 7.13. The average molecular weight is 323 g/mol. The summed E-state index contributed by atoms with van der Waals surface area (Å²) in [5, 5.41) is 5.05. The van der Waals surface area contributed by atoms with Crippen LogP contribution in [-0.4, -0.2) is 15.9 Å². The zero-order chi connectivity index (χ0) is 16.3. The van der Waals surface area contributed by atoms with Crippen LogP contribution in [0, 0.1) is 0 Å². The van der Waals surface area contributed by atoms with E-state index in [1.165, 1.54) is 0 Å². The second kappa shape index (κ2) is 6.30. The molecule has 3 rings (SSSR count). The Bertz CT molecular complexity index is 798.